The molecular weight excluding hydrogens is 368 g/mol. The van der Waals surface area contributed by atoms with Crippen LogP contribution in [0.15, 0.2) is 94.5 Å². The lowest BCUT2D eigenvalue weighted by molar-refractivity contribution is 1.80. The van der Waals surface area contributed by atoms with E-state index in [1.807, 2.05) is 60.7 Å². The van der Waals surface area contributed by atoms with E-state index in [-0.39, 0.29) is 10.9 Å². The number of hydrogen-bond acceptors (Lipinski definition) is 2. The van der Waals surface area contributed by atoms with Crippen LogP contribution in [0, 0.1) is 0 Å². The van der Waals surface area contributed by atoms with Gasteiger partial charge in [0.15, 0.2) is 10.9 Å². The van der Waals surface area contributed by atoms with E-state index in [4.69, 9.17) is 0 Å². The van der Waals surface area contributed by atoms with Crippen LogP contribution in [0.2, 0.25) is 0 Å². The molecule has 7 aromatic carbocycles. The summed E-state index contributed by atoms with van der Waals surface area (Å²) in [6.45, 7) is 0. The van der Waals surface area contributed by atoms with Gasteiger partial charge in [0.25, 0.3) is 0 Å². The van der Waals surface area contributed by atoms with Gasteiger partial charge in [0.2, 0.25) is 0 Å². The van der Waals surface area contributed by atoms with Gasteiger partial charge in [0, 0.05) is 26.9 Å². The minimum Gasteiger partial charge on any atom is -0.289 e. The van der Waals surface area contributed by atoms with E-state index in [1.54, 1.807) is 0 Å². The van der Waals surface area contributed by atoms with Gasteiger partial charge in [-0.1, -0.05) is 66.7 Å². The Morgan fingerprint density at radius 1 is 0.367 bits per heavy atom. The van der Waals surface area contributed by atoms with Crippen molar-refractivity contribution in [2.75, 3.05) is 0 Å². The summed E-state index contributed by atoms with van der Waals surface area (Å²) in [5.41, 5.74) is 0.175. The summed E-state index contributed by atoms with van der Waals surface area (Å²) in [7, 11) is 0. The summed E-state index contributed by atoms with van der Waals surface area (Å²) in [5, 5.41) is 11.2. The second-order valence-corrected chi connectivity index (χ2v) is 8.02. The summed E-state index contributed by atoms with van der Waals surface area (Å²) in [5.74, 6) is 0. The van der Waals surface area contributed by atoms with Crippen molar-refractivity contribution in [1.29, 1.82) is 0 Å². The lowest BCUT2D eigenvalue weighted by Gasteiger charge is -2.06. The Bertz CT molecular complexity index is 1930. The summed E-state index contributed by atoms with van der Waals surface area (Å²) in [4.78, 5) is 26.1. The molecule has 0 radical (unpaired) electrons. The van der Waals surface area contributed by atoms with Crippen LogP contribution >= 0.6 is 0 Å². The van der Waals surface area contributed by atoms with Crippen molar-refractivity contribution in [2.45, 2.75) is 0 Å². The molecule has 0 saturated carbocycles. The summed E-state index contributed by atoms with van der Waals surface area (Å²) in [6.07, 6.45) is 0. The fourth-order valence-electron chi connectivity index (χ4n) is 5.19. The standard InChI is InChI=1S/C28H14O2/c29-27-21-8-4-2-6-18(21)25-22(27)12-10-15-14-24-16(13-23(15)25)9-11-19-17-5-1-3-7-20(17)28(30)26(19)24/h1-14H. The van der Waals surface area contributed by atoms with Gasteiger partial charge < -0.3 is 0 Å². The Labute approximate surface area is 170 Å². The van der Waals surface area contributed by atoms with Crippen LogP contribution in [0.1, 0.15) is 0 Å². The summed E-state index contributed by atoms with van der Waals surface area (Å²) >= 11 is 0. The van der Waals surface area contributed by atoms with Crippen molar-refractivity contribution >= 4 is 64.6 Å². The van der Waals surface area contributed by atoms with Crippen LogP contribution in [-0.4, -0.2) is 0 Å². The van der Waals surface area contributed by atoms with Crippen molar-refractivity contribution < 1.29 is 0 Å². The lowest BCUT2D eigenvalue weighted by Crippen LogP contribution is -1.95. The van der Waals surface area contributed by atoms with Crippen molar-refractivity contribution in [1.82, 2.24) is 0 Å². The predicted octanol–water partition coefficient (Wildman–Crippen LogP) is 6.20. The van der Waals surface area contributed by atoms with Crippen molar-refractivity contribution in [3.63, 3.8) is 0 Å². The fraction of sp³-hybridized carbons (Fsp3) is 0. The van der Waals surface area contributed by atoms with Crippen LogP contribution in [0.3, 0.4) is 0 Å². The third kappa shape index (κ3) is 1.79. The maximum absolute atomic E-state index is 13.2. The molecule has 0 unspecified atom stereocenters. The Kier molecular flexibility index (Phi) is 2.80. The molecule has 0 aliphatic heterocycles. The largest absolute Gasteiger partial charge is 0.289 e. The van der Waals surface area contributed by atoms with E-state index in [0.717, 1.165) is 64.6 Å². The highest BCUT2D eigenvalue weighted by Gasteiger charge is 2.16. The fourth-order valence-corrected chi connectivity index (χ4v) is 5.19. The Hall–Kier alpha value is -4.04. The Balaban J connectivity index is 1.73. The smallest absolute Gasteiger partial charge is 0.194 e. The molecule has 0 heterocycles. The number of fused-ring (bicyclic) bond motifs is 10. The van der Waals surface area contributed by atoms with Gasteiger partial charge in [0.1, 0.15) is 0 Å². The first kappa shape index (κ1) is 15.8. The molecule has 0 aliphatic rings. The molecule has 0 aliphatic carbocycles. The van der Waals surface area contributed by atoms with Gasteiger partial charge in [-0.3, -0.25) is 9.59 Å². The van der Waals surface area contributed by atoms with Crippen LogP contribution < -0.4 is 10.9 Å². The molecular formula is C28H14O2. The van der Waals surface area contributed by atoms with Crippen LogP contribution in [0.25, 0.3) is 64.6 Å². The second kappa shape index (κ2) is 5.31. The van der Waals surface area contributed by atoms with E-state index < -0.39 is 0 Å². The highest BCUT2D eigenvalue weighted by Crippen LogP contribution is 2.36. The van der Waals surface area contributed by atoms with E-state index >= 15 is 0 Å². The van der Waals surface area contributed by atoms with E-state index in [1.165, 1.54) is 0 Å². The second-order valence-electron chi connectivity index (χ2n) is 8.02. The zero-order valence-corrected chi connectivity index (χ0v) is 15.9. The summed E-state index contributed by atoms with van der Waals surface area (Å²) < 4.78 is 0. The quantitative estimate of drug-likeness (QED) is 0.293. The Morgan fingerprint density at radius 2 is 0.867 bits per heavy atom. The van der Waals surface area contributed by atoms with E-state index in [0.29, 0.717) is 0 Å². The van der Waals surface area contributed by atoms with Gasteiger partial charge in [-0.25, -0.2) is 0 Å². The topological polar surface area (TPSA) is 34.1 Å². The Morgan fingerprint density at radius 3 is 1.57 bits per heavy atom. The summed E-state index contributed by atoms with van der Waals surface area (Å²) in [6, 6.07) is 27.9. The van der Waals surface area contributed by atoms with Gasteiger partial charge >= 0.3 is 0 Å². The minimum atomic E-state index is 0.0853. The van der Waals surface area contributed by atoms with Gasteiger partial charge in [0.05, 0.1) is 0 Å². The zero-order chi connectivity index (χ0) is 20.0. The predicted molar refractivity (Wildman–Crippen MR) is 126 cm³/mol. The molecule has 7 rings (SSSR count). The first-order chi connectivity index (χ1) is 14.7. The average Bonchev–Trinajstić information content (AvgIpc) is 3.25. The van der Waals surface area contributed by atoms with E-state index in [9.17, 15) is 9.59 Å². The average molecular weight is 382 g/mol. The molecule has 0 N–H and O–H groups in total. The monoisotopic (exact) mass is 382 g/mol. The highest BCUT2D eigenvalue weighted by atomic mass is 16.1. The molecule has 0 fully saturated rings. The number of rotatable bonds is 0. The lowest BCUT2D eigenvalue weighted by atomic mass is 9.97. The van der Waals surface area contributed by atoms with Crippen LogP contribution in [0.4, 0.5) is 0 Å². The molecule has 0 amide bonds. The van der Waals surface area contributed by atoms with Gasteiger partial charge in [-0.2, -0.15) is 0 Å². The maximum Gasteiger partial charge on any atom is 0.194 e. The molecule has 0 bridgehead atoms. The first-order valence-electron chi connectivity index (χ1n) is 10.0. The van der Waals surface area contributed by atoms with Crippen molar-refractivity contribution in [3.05, 3.63) is 105 Å². The van der Waals surface area contributed by atoms with E-state index in [2.05, 4.69) is 24.3 Å². The molecule has 0 spiro atoms. The third-order valence-corrected chi connectivity index (χ3v) is 6.53. The van der Waals surface area contributed by atoms with Crippen LogP contribution in [-0.2, 0) is 0 Å². The molecule has 30 heavy (non-hydrogen) atoms. The molecule has 0 atom stereocenters. The van der Waals surface area contributed by atoms with Crippen molar-refractivity contribution in [2.24, 2.45) is 0 Å². The molecule has 2 heteroatoms. The third-order valence-electron chi connectivity index (χ3n) is 6.53. The molecule has 2 nitrogen and oxygen atoms in total. The molecule has 0 saturated heterocycles. The molecule has 7 aromatic rings. The maximum atomic E-state index is 13.2. The molecule has 138 valence electrons. The SMILES string of the molecule is O=c1c2ccccc2c2c1ccc1cc3c(ccc4c5ccccc5c(=O)c34)cc12. The number of benzene rings is 5. The van der Waals surface area contributed by atoms with Crippen molar-refractivity contribution in [3.8, 4) is 0 Å². The highest BCUT2D eigenvalue weighted by molar-refractivity contribution is 6.27. The zero-order valence-electron chi connectivity index (χ0n) is 15.9. The van der Waals surface area contributed by atoms with Gasteiger partial charge in [-0.05, 0) is 55.9 Å². The molecule has 0 aromatic heterocycles. The van der Waals surface area contributed by atoms with Crippen LogP contribution in [0.5, 0.6) is 0 Å². The normalized spacial score (nSPS) is 12.3. The minimum absolute atomic E-state index is 0.0853. The van der Waals surface area contributed by atoms with Gasteiger partial charge in [-0.15, -0.1) is 0 Å². The first-order valence-corrected chi connectivity index (χ1v) is 10.0. The number of hydrogen-bond donors (Lipinski definition) is 0.